The van der Waals surface area contributed by atoms with Gasteiger partial charge in [0.2, 0.25) is 0 Å². The van der Waals surface area contributed by atoms with E-state index in [2.05, 4.69) is 33.1 Å². The minimum Gasteiger partial charge on any atom is -0.493 e. The van der Waals surface area contributed by atoms with Crippen LogP contribution in [0.3, 0.4) is 0 Å². The topological polar surface area (TPSA) is 78.4 Å². The van der Waals surface area contributed by atoms with Gasteiger partial charge in [-0.25, -0.2) is 9.82 Å². The molecule has 0 saturated carbocycles. The van der Waals surface area contributed by atoms with Gasteiger partial charge in [-0.2, -0.15) is 5.10 Å². The van der Waals surface area contributed by atoms with Gasteiger partial charge in [0.05, 0.1) is 30.1 Å². The molecule has 0 radical (unpaired) electrons. The Morgan fingerprint density at radius 2 is 1.86 bits per heavy atom. The van der Waals surface area contributed by atoms with Gasteiger partial charge in [-0.1, -0.05) is 19.1 Å². The van der Waals surface area contributed by atoms with Crippen LogP contribution in [-0.4, -0.2) is 32.4 Å². The summed E-state index contributed by atoms with van der Waals surface area (Å²) in [5.41, 5.74) is 4.33. The van der Waals surface area contributed by atoms with Crippen LogP contribution in [0.1, 0.15) is 41.8 Å². The third-order valence-corrected chi connectivity index (χ3v) is 5.67. The molecule has 0 heterocycles. The van der Waals surface area contributed by atoms with Crippen molar-refractivity contribution in [3.8, 4) is 23.0 Å². The minimum atomic E-state index is -0.383. The Morgan fingerprint density at radius 3 is 2.58 bits per heavy atom. The summed E-state index contributed by atoms with van der Waals surface area (Å²) in [6, 6.07) is 14.8. The maximum atomic E-state index is 13.4. The molecule has 0 saturated heterocycles. The first-order valence-corrected chi connectivity index (χ1v) is 12.5. The molecule has 190 valence electrons. The number of carbonyl (C=O) groups excluding carboxylic acids is 1. The lowest BCUT2D eigenvalue weighted by atomic mass is 10.2. The first-order chi connectivity index (χ1) is 17.4. The molecule has 0 atom stereocenters. The van der Waals surface area contributed by atoms with Crippen molar-refractivity contribution in [2.24, 2.45) is 5.10 Å². The highest BCUT2D eigenvalue weighted by Gasteiger charge is 2.13. The van der Waals surface area contributed by atoms with Gasteiger partial charge in [0.15, 0.2) is 23.0 Å². The maximum absolute atomic E-state index is 13.4. The molecule has 0 aromatic heterocycles. The minimum absolute atomic E-state index is 0.194. The van der Waals surface area contributed by atoms with Crippen molar-refractivity contribution in [3.63, 3.8) is 0 Å². The number of hydrogen-bond acceptors (Lipinski definition) is 6. The van der Waals surface area contributed by atoms with Gasteiger partial charge in [0.1, 0.15) is 12.4 Å². The average Bonchev–Trinajstić information content (AvgIpc) is 2.87. The lowest BCUT2D eigenvalue weighted by molar-refractivity contribution is 0.0954. The van der Waals surface area contributed by atoms with Gasteiger partial charge in [-0.05, 0) is 89.5 Å². The predicted molar refractivity (Wildman–Crippen MR) is 145 cm³/mol. The number of hydrazone groups is 1. The van der Waals surface area contributed by atoms with E-state index in [1.165, 1.54) is 25.5 Å². The van der Waals surface area contributed by atoms with Crippen molar-refractivity contribution in [2.75, 3.05) is 20.3 Å². The number of hydrogen-bond donors (Lipinski definition) is 1. The molecular formula is C27H28FIN2O5. The number of carbonyl (C=O) groups is 1. The van der Waals surface area contributed by atoms with Crippen LogP contribution in [0, 0.1) is 9.39 Å². The van der Waals surface area contributed by atoms with Gasteiger partial charge in [0, 0.05) is 5.56 Å². The average molecular weight is 606 g/mol. The van der Waals surface area contributed by atoms with Gasteiger partial charge < -0.3 is 18.9 Å². The van der Waals surface area contributed by atoms with Gasteiger partial charge in [0.25, 0.3) is 5.91 Å². The summed E-state index contributed by atoms with van der Waals surface area (Å²) in [5, 5.41) is 4.08. The highest BCUT2D eigenvalue weighted by atomic mass is 127. The van der Waals surface area contributed by atoms with Crippen molar-refractivity contribution in [3.05, 3.63) is 80.7 Å². The van der Waals surface area contributed by atoms with E-state index in [1.807, 2.05) is 19.9 Å². The molecule has 0 aliphatic rings. The van der Waals surface area contributed by atoms with Gasteiger partial charge >= 0.3 is 0 Å². The first-order valence-electron chi connectivity index (χ1n) is 11.4. The van der Waals surface area contributed by atoms with E-state index in [-0.39, 0.29) is 18.3 Å². The van der Waals surface area contributed by atoms with Gasteiger partial charge in [-0.3, -0.25) is 4.79 Å². The fourth-order valence-electron chi connectivity index (χ4n) is 3.22. The zero-order valence-corrected chi connectivity index (χ0v) is 22.5. The number of nitrogens with one attached hydrogen (secondary N) is 1. The van der Waals surface area contributed by atoms with Crippen LogP contribution >= 0.6 is 22.6 Å². The molecular weight excluding hydrogens is 578 g/mol. The molecule has 1 N–H and O–H groups in total. The molecule has 36 heavy (non-hydrogen) atoms. The summed E-state index contributed by atoms with van der Waals surface area (Å²) in [6.07, 6.45) is 2.38. The molecule has 0 fully saturated rings. The van der Waals surface area contributed by atoms with E-state index in [0.717, 1.165) is 9.99 Å². The molecule has 0 bridgehead atoms. The Labute approximate surface area is 223 Å². The monoisotopic (exact) mass is 606 g/mol. The number of halogens is 2. The van der Waals surface area contributed by atoms with Crippen LogP contribution in [0.15, 0.2) is 59.7 Å². The highest BCUT2D eigenvalue weighted by molar-refractivity contribution is 14.1. The lowest BCUT2D eigenvalue weighted by Crippen LogP contribution is -2.17. The number of amides is 1. The van der Waals surface area contributed by atoms with Crippen LogP contribution < -0.4 is 24.4 Å². The third-order valence-electron chi connectivity index (χ3n) is 4.87. The third kappa shape index (κ3) is 7.58. The second-order valence-electron chi connectivity index (χ2n) is 7.59. The largest absolute Gasteiger partial charge is 0.493 e. The molecule has 0 unspecified atom stereocenters. The number of rotatable bonds is 12. The Kier molecular flexibility index (Phi) is 10.3. The normalized spacial score (nSPS) is 10.8. The molecule has 1 amide bonds. The molecule has 7 nitrogen and oxygen atoms in total. The van der Waals surface area contributed by atoms with E-state index < -0.39 is 0 Å². The van der Waals surface area contributed by atoms with E-state index >= 15 is 0 Å². The van der Waals surface area contributed by atoms with Crippen LogP contribution in [0.5, 0.6) is 23.0 Å². The van der Waals surface area contributed by atoms with Crippen molar-refractivity contribution in [1.29, 1.82) is 0 Å². The summed E-state index contributed by atoms with van der Waals surface area (Å²) in [5.74, 6) is 1.44. The zero-order chi connectivity index (χ0) is 25.9. The second-order valence-corrected chi connectivity index (χ2v) is 8.76. The predicted octanol–water partition coefficient (Wildman–Crippen LogP) is 5.97. The second kappa shape index (κ2) is 13.7. The Morgan fingerprint density at radius 1 is 1.03 bits per heavy atom. The van der Waals surface area contributed by atoms with Crippen molar-refractivity contribution in [1.82, 2.24) is 5.43 Å². The Balaban J connectivity index is 1.68. The molecule has 0 aliphatic heterocycles. The number of benzene rings is 3. The van der Waals surface area contributed by atoms with Crippen LogP contribution in [0.4, 0.5) is 4.39 Å². The molecule has 3 rings (SSSR count). The van der Waals surface area contributed by atoms with E-state index in [9.17, 15) is 9.18 Å². The fraction of sp³-hybridized carbons (Fsp3) is 0.259. The van der Waals surface area contributed by atoms with Crippen LogP contribution in [-0.2, 0) is 6.61 Å². The highest BCUT2D eigenvalue weighted by Crippen LogP contribution is 2.34. The maximum Gasteiger partial charge on any atom is 0.271 e. The molecule has 0 spiro atoms. The number of nitrogens with zero attached hydrogens (tertiary/aromatic N) is 1. The van der Waals surface area contributed by atoms with E-state index in [1.54, 1.807) is 36.4 Å². The Hall–Kier alpha value is -3.34. The lowest BCUT2D eigenvalue weighted by Gasteiger charge is -2.14. The van der Waals surface area contributed by atoms with Crippen LogP contribution in [0.2, 0.25) is 0 Å². The molecule has 0 aliphatic carbocycles. The smallest absolute Gasteiger partial charge is 0.271 e. The van der Waals surface area contributed by atoms with Gasteiger partial charge in [-0.15, -0.1) is 0 Å². The summed E-state index contributed by atoms with van der Waals surface area (Å²) < 4.78 is 36.9. The molecule has 3 aromatic rings. The van der Waals surface area contributed by atoms with Crippen LogP contribution in [0.25, 0.3) is 0 Å². The standard InChI is InChI=1S/C27H28FIN2O5/c1-4-11-35-23-10-9-20(15-24(23)34-5-2)27(32)31-30-16-19-13-22(29)26(25(14-19)33-3)36-17-18-7-6-8-21(28)12-18/h6-10,12-16H,4-5,11,17H2,1-3H3,(H,31,32)/b30-16+. The first kappa shape index (κ1) is 27.3. The zero-order valence-electron chi connectivity index (χ0n) is 20.3. The van der Waals surface area contributed by atoms with E-state index in [4.69, 9.17) is 18.9 Å². The summed E-state index contributed by atoms with van der Waals surface area (Å²) in [6.45, 7) is 5.10. The summed E-state index contributed by atoms with van der Waals surface area (Å²) >= 11 is 2.13. The Bertz CT molecular complexity index is 1220. The van der Waals surface area contributed by atoms with Crippen molar-refractivity contribution >= 4 is 34.7 Å². The fourth-order valence-corrected chi connectivity index (χ4v) is 4.00. The van der Waals surface area contributed by atoms with E-state index in [0.29, 0.717) is 52.9 Å². The number of methoxy groups -OCH3 is 1. The summed E-state index contributed by atoms with van der Waals surface area (Å²) in [4.78, 5) is 12.6. The summed E-state index contributed by atoms with van der Waals surface area (Å²) in [7, 11) is 1.53. The molecule has 3 aromatic carbocycles. The number of ether oxygens (including phenoxy) is 4. The van der Waals surface area contributed by atoms with Crippen molar-refractivity contribution < 1.29 is 28.1 Å². The molecule has 9 heteroatoms. The van der Waals surface area contributed by atoms with Crippen molar-refractivity contribution in [2.45, 2.75) is 26.9 Å². The quantitative estimate of drug-likeness (QED) is 0.156. The SMILES string of the molecule is CCCOc1ccc(C(=O)N/N=C/c2cc(I)c(OCc3cccc(F)c3)c(OC)c2)cc1OCC.